The number of nitrogens with one attached hydrogen (secondary N) is 1. The lowest BCUT2D eigenvalue weighted by Gasteiger charge is -2.20. The highest BCUT2D eigenvalue weighted by Gasteiger charge is 2.31. The second-order valence-electron chi connectivity index (χ2n) is 5.13. The summed E-state index contributed by atoms with van der Waals surface area (Å²) >= 11 is 0. The van der Waals surface area contributed by atoms with E-state index in [-0.39, 0.29) is 17.1 Å². The third kappa shape index (κ3) is 2.85. The van der Waals surface area contributed by atoms with E-state index in [9.17, 15) is 0 Å². The third-order valence-electron chi connectivity index (χ3n) is 3.70. The van der Waals surface area contributed by atoms with Crippen LogP contribution in [0.1, 0.15) is 5.56 Å². The molecule has 3 rings (SSSR count). The number of amidine groups is 2. The summed E-state index contributed by atoms with van der Waals surface area (Å²) < 4.78 is 5.17. The van der Waals surface area contributed by atoms with Crippen molar-refractivity contribution in [3.8, 4) is 17.9 Å². The van der Waals surface area contributed by atoms with Crippen molar-refractivity contribution in [3.63, 3.8) is 0 Å². The number of nitrogens with zero attached hydrogens (tertiary/aromatic N) is 4. The molecule has 0 fully saturated rings. The van der Waals surface area contributed by atoms with Gasteiger partial charge in [-0.25, -0.2) is 4.99 Å². The molecule has 0 saturated heterocycles. The van der Waals surface area contributed by atoms with Gasteiger partial charge in [0.15, 0.2) is 11.4 Å². The van der Waals surface area contributed by atoms with E-state index in [0.29, 0.717) is 17.3 Å². The molecule has 0 atom stereocenters. The second kappa shape index (κ2) is 6.69. The van der Waals surface area contributed by atoms with Gasteiger partial charge in [0.2, 0.25) is 0 Å². The summed E-state index contributed by atoms with van der Waals surface area (Å²) in [4.78, 5) is 6.01. The molecule has 2 aromatic rings. The quantitative estimate of drug-likeness (QED) is 0.875. The van der Waals surface area contributed by atoms with Crippen LogP contribution in [0.4, 0.5) is 5.69 Å². The number of aliphatic imine (C=N–C) groups is 1. The normalized spacial score (nSPS) is 13.1. The zero-order valence-corrected chi connectivity index (χ0v) is 13.4. The van der Waals surface area contributed by atoms with Crippen LogP contribution in [0, 0.1) is 28.1 Å². The van der Waals surface area contributed by atoms with E-state index in [2.05, 4.69) is 4.99 Å². The van der Waals surface area contributed by atoms with Crippen molar-refractivity contribution in [2.24, 2.45) is 4.99 Å². The fourth-order valence-corrected chi connectivity index (χ4v) is 2.49. The molecule has 2 aromatic carbocycles. The van der Waals surface area contributed by atoms with Crippen LogP contribution >= 0.6 is 0 Å². The highest BCUT2D eigenvalue weighted by atomic mass is 16.5. The number of hydrogen-bond donors (Lipinski definition) is 1. The van der Waals surface area contributed by atoms with Crippen molar-refractivity contribution in [3.05, 3.63) is 71.4 Å². The Balaban J connectivity index is 2.17. The number of hydrogen-bond acceptors (Lipinski definition) is 5. The van der Waals surface area contributed by atoms with Gasteiger partial charge < -0.3 is 4.74 Å². The van der Waals surface area contributed by atoms with Crippen molar-refractivity contribution in [2.45, 2.75) is 0 Å². The predicted octanol–water partition coefficient (Wildman–Crippen LogP) is 3.24. The zero-order valence-electron chi connectivity index (χ0n) is 13.4. The smallest absolute Gasteiger partial charge is 0.159 e. The Morgan fingerprint density at radius 2 is 1.68 bits per heavy atom. The molecule has 0 unspecified atom stereocenters. The van der Waals surface area contributed by atoms with Gasteiger partial charge in [-0.05, 0) is 24.3 Å². The van der Waals surface area contributed by atoms with Gasteiger partial charge in [0.05, 0.1) is 7.11 Å². The van der Waals surface area contributed by atoms with Crippen molar-refractivity contribution in [2.75, 3.05) is 12.0 Å². The molecular formula is C19H13N5O. The minimum Gasteiger partial charge on any atom is -0.497 e. The molecule has 0 radical (unpaired) electrons. The summed E-state index contributed by atoms with van der Waals surface area (Å²) in [6, 6.07) is 20.1. The average molecular weight is 327 g/mol. The van der Waals surface area contributed by atoms with E-state index in [1.807, 2.05) is 42.5 Å². The summed E-state index contributed by atoms with van der Waals surface area (Å²) in [5.41, 5.74) is 1.36. The molecule has 0 spiro atoms. The molecule has 6 heteroatoms. The number of benzene rings is 2. The first-order valence-electron chi connectivity index (χ1n) is 7.41. The molecule has 0 saturated carbocycles. The van der Waals surface area contributed by atoms with E-state index in [4.69, 9.17) is 20.7 Å². The molecule has 1 N–H and O–H groups in total. The van der Waals surface area contributed by atoms with Gasteiger partial charge in [-0.15, -0.1) is 0 Å². The predicted molar refractivity (Wildman–Crippen MR) is 94.4 cm³/mol. The molecule has 0 aliphatic carbocycles. The maximum atomic E-state index is 9.15. The monoisotopic (exact) mass is 327 g/mol. The van der Waals surface area contributed by atoms with Crippen LogP contribution < -0.4 is 9.64 Å². The third-order valence-corrected chi connectivity index (χ3v) is 3.70. The molecule has 1 heterocycles. The number of nitriles is 2. The van der Waals surface area contributed by atoms with E-state index in [1.165, 1.54) is 0 Å². The highest BCUT2D eigenvalue weighted by molar-refractivity contribution is 6.33. The number of allylic oxidation sites excluding steroid dienone is 1. The molecule has 0 amide bonds. The summed E-state index contributed by atoms with van der Waals surface area (Å²) in [6.45, 7) is 0. The number of rotatable bonds is 3. The van der Waals surface area contributed by atoms with Crippen molar-refractivity contribution < 1.29 is 4.74 Å². The van der Waals surface area contributed by atoms with E-state index < -0.39 is 0 Å². The minimum atomic E-state index is -0.186. The summed E-state index contributed by atoms with van der Waals surface area (Å²) in [5.74, 6) is 1.18. The maximum Gasteiger partial charge on any atom is 0.159 e. The SMILES string of the molecule is COc1ccc(N2C(=N)C(=C(C#N)C#N)N=C2c2ccccc2)cc1. The minimum absolute atomic E-state index is 0.0119. The molecule has 1 aliphatic rings. The van der Waals surface area contributed by atoms with Gasteiger partial charge in [-0.1, -0.05) is 30.3 Å². The molecular weight excluding hydrogens is 314 g/mol. The summed E-state index contributed by atoms with van der Waals surface area (Å²) in [7, 11) is 1.58. The van der Waals surface area contributed by atoms with Crippen LogP contribution in [-0.4, -0.2) is 18.8 Å². The van der Waals surface area contributed by atoms with Gasteiger partial charge in [-0.3, -0.25) is 10.3 Å². The van der Waals surface area contributed by atoms with Crippen LogP contribution in [-0.2, 0) is 0 Å². The standard InChI is InChI=1S/C19H13N5O/c1-25-16-9-7-15(8-10-16)24-18(22)17(14(11-20)12-21)23-19(24)13-5-3-2-4-6-13/h2-10,22H,1H3. The van der Waals surface area contributed by atoms with Crippen molar-refractivity contribution in [1.82, 2.24) is 0 Å². The Morgan fingerprint density at radius 1 is 1.04 bits per heavy atom. The van der Waals surface area contributed by atoms with Crippen molar-refractivity contribution >= 4 is 17.4 Å². The number of anilines is 1. The molecule has 1 aliphatic heterocycles. The Bertz CT molecular complexity index is 944. The van der Waals surface area contributed by atoms with E-state index >= 15 is 0 Å². The zero-order chi connectivity index (χ0) is 17.8. The van der Waals surface area contributed by atoms with Crippen LogP contribution in [0.15, 0.2) is 70.9 Å². The molecule has 0 bridgehead atoms. The van der Waals surface area contributed by atoms with Crippen LogP contribution in [0.25, 0.3) is 0 Å². The van der Waals surface area contributed by atoms with Gasteiger partial charge >= 0.3 is 0 Å². The Hall–Kier alpha value is -3.90. The first kappa shape index (κ1) is 16.0. The lowest BCUT2D eigenvalue weighted by atomic mass is 10.1. The van der Waals surface area contributed by atoms with Gasteiger partial charge in [0.1, 0.15) is 29.4 Å². The van der Waals surface area contributed by atoms with Gasteiger partial charge in [0, 0.05) is 11.3 Å². The first-order valence-corrected chi connectivity index (χ1v) is 7.41. The Morgan fingerprint density at radius 3 is 2.24 bits per heavy atom. The molecule has 25 heavy (non-hydrogen) atoms. The topological polar surface area (TPSA) is 96.3 Å². The maximum absolute atomic E-state index is 9.15. The fourth-order valence-electron chi connectivity index (χ4n) is 2.49. The van der Waals surface area contributed by atoms with Crippen LogP contribution in [0.5, 0.6) is 5.75 Å². The lowest BCUT2D eigenvalue weighted by molar-refractivity contribution is 0.415. The summed E-state index contributed by atoms with van der Waals surface area (Å²) in [5, 5.41) is 26.7. The number of methoxy groups -OCH3 is 1. The average Bonchev–Trinajstić information content (AvgIpc) is 3.01. The van der Waals surface area contributed by atoms with Crippen LogP contribution in [0.2, 0.25) is 0 Å². The fraction of sp³-hybridized carbons (Fsp3) is 0.0526. The van der Waals surface area contributed by atoms with Crippen molar-refractivity contribution in [1.29, 1.82) is 15.9 Å². The highest BCUT2D eigenvalue weighted by Crippen LogP contribution is 2.29. The molecule has 120 valence electrons. The first-order chi connectivity index (χ1) is 12.2. The Kier molecular flexibility index (Phi) is 4.28. The molecule has 0 aromatic heterocycles. The van der Waals surface area contributed by atoms with E-state index in [0.717, 1.165) is 5.56 Å². The number of ether oxygens (including phenoxy) is 1. The van der Waals surface area contributed by atoms with Gasteiger partial charge in [0.25, 0.3) is 0 Å². The lowest BCUT2D eigenvalue weighted by Crippen LogP contribution is -2.32. The summed E-state index contributed by atoms with van der Waals surface area (Å²) in [6.07, 6.45) is 0. The van der Waals surface area contributed by atoms with Crippen LogP contribution in [0.3, 0.4) is 0 Å². The Labute approximate surface area is 145 Å². The van der Waals surface area contributed by atoms with Gasteiger partial charge in [-0.2, -0.15) is 10.5 Å². The second-order valence-corrected chi connectivity index (χ2v) is 5.13. The molecule has 6 nitrogen and oxygen atoms in total. The largest absolute Gasteiger partial charge is 0.497 e. The van der Waals surface area contributed by atoms with E-state index in [1.54, 1.807) is 36.3 Å².